The van der Waals surface area contributed by atoms with Crippen molar-refractivity contribution >= 4 is 11.7 Å². The number of halogens is 2. The number of aromatic carboxylic acids is 1. The maximum Gasteiger partial charge on any atom is 0.338 e. The maximum absolute atomic E-state index is 13.3. The van der Waals surface area contributed by atoms with E-state index in [2.05, 4.69) is 5.32 Å². The first-order chi connectivity index (χ1) is 9.88. The zero-order valence-electron chi connectivity index (χ0n) is 11.1. The highest BCUT2D eigenvalue weighted by atomic mass is 19.1. The maximum atomic E-state index is 13.3. The van der Waals surface area contributed by atoms with Gasteiger partial charge in [-0.2, -0.15) is 0 Å². The lowest BCUT2D eigenvalue weighted by Crippen LogP contribution is -2.09. The van der Waals surface area contributed by atoms with Crippen molar-refractivity contribution in [1.29, 1.82) is 0 Å². The van der Waals surface area contributed by atoms with Crippen LogP contribution in [0.25, 0.3) is 0 Å². The second-order valence-electron chi connectivity index (χ2n) is 4.57. The number of rotatable bonds is 4. The first-order valence-corrected chi connectivity index (χ1v) is 6.16. The Morgan fingerprint density at radius 1 is 1.19 bits per heavy atom. The number of phenolic OH excluding ortho intramolecular Hbond substituents is 1. The largest absolute Gasteiger partial charge is 0.507 e. The van der Waals surface area contributed by atoms with Crippen LogP contribution in [0.15, 0.2) is 36.4 Å². The van der Waals surface area contributed by atoms with E-state index in [0.717, 1.165) is 18.2 Å². The van der Waals surface area contributed by atoms with Gasteiger partial charge in [0.05, 0.1) is 11.6 Å². The molecule has 0 aromatic heterocycles. The number of benzene rings is 2. The van der Waals surface area contributed by atoms with Crippen molar-refractivity contribution in [2.45, 2.75) is 13.0 Å². The second kappa shape index (κ2) is 5.78. The van der Waals surface area contributed by atoms with E-state index in [0.29, 0.717) is 11.3 Å². The first kappa shape index (κ1) is 14.8. The summed E-state index contributed by atoms with van der Waals surface area (Å²) in [5.74, 6) is -2.97. The van der Waals surface area contributed by atoms with E-state index in [1.165, 1.54) is 18.2 Å². The number of nitrogens with one attached hydrogen (secondary N) is 1. The molecule has 1 atom stereocenters. The number of hydrogen-bond donors (Lipinski definition) is 3. The Labute approximate surface area is 119 Å². The van der Waals surface area contributed by atoms with E-state index >= 15 is 0 Å². The van der Waals surface area contributed by atoms with Gasteiger partial charge in [-0.05, 0) is 31.2 Å². The summed E-state index contributed by atoms with van der Waals surface area (Å²) in [5.41, 5.74) is 0.373. The highest BCUT2D eigenvalue weighted by molar-refractivity contribution is 5.89. The summed E-state index contributed by atoms with van der Waals surface area (Å²) in [6, 6.07) is 6.79. The molecular weight excluding hydrogens is 280 g/mol. The molecule has 110 valence electrons. The standard InChI is InChI=1S/C15H13F2NO3/c1-8(11-4-2-9(16)6-14(11)19)18-10-3-5-13(17)12(7-10)15(20)21/h2-8,18-19H,1H3,(H,20,21). The fourth-order valence-corrected chi connectivity index (χ4v) is 1.99. The predicted octanol–water partition coefficient (Wildman–Crippen LogP) is 3.54. The van der Waals surface area contributed by atoms with Gasteiger partial charge in [-0.15, -0.1) is 0 Å². The van der Waals surface area contributed by atoms with Crippen molar-refractivity contribution < 1.29 is 23.8 Å². The SMILES string of the molecule is CC(Nc1ccc(F)c(C(=O)O)c1)c1ccc(F)cc1O. The van der Waals surface area contributed by atoms with Crippen LogP contribution >= 0.6 is 0 Å². The Bertz CT molecular complexity index is 689. The smallest absolute Gasteiger partial charge is 0.338 e. The van der Waals surface area contributed by atoms with Crippen LogP contribution in [0.3, 0.4) is 0 Å². The normalized spacial score (nSPS) is 12.0. The summed E-state index contributed by atoms with van der Waals surface area (Å²) in [6.45, 7) is 1.71. The van der Waals surface area contributed by atoms with E-state index < -0.39 is 29.2 Å². The minimum Gasteiger partial charge on any atom is -0.507 e. The molecule has 0 saturated heterocycles. The fourth-order valence-electron chi connectivity index (χ4n) is 1.99. The number of anilines is 1. The van der Waals surface area contributed by atoms with Crippen LogP contribution in [0.1, 0.15) is 28.9 Å². The summed E-state index contributed by atoms with van der Waals surface area (Å²) < 4.78 is 26.2. The Morgan fingerprint density at radius 2 is 1.90 bits per heavy atom. The van der Waals surface area contributed by atoms with Crippen LogP contribution in [-0.4, -0.2) is 16.2 Å². The van der Waals surface area contributed by atoms with Crippen LogP contribution in [0.4, 0.5) is 14.5 Å². The monoisotopic (exact) mass is 293 g/mol. The Kier molecular flexibility index (Phi) is 4.07. The molecule has 1 unspecified atom stereocenters. The van der Waals surface area contributed by atoms with Crippen LogP contribution in [0.2, 0.25) is 0 Å². The predicted molar refractivity (Wildman–Crippen MR) is 73.5 cm³/mol. The molecular formula is C15H13F2NO3. The van der Waals surface area contributed by atoms with Gasteiger partial charge in [0.25, 0.3) is 0 Å². The molecule has 21 heavy (non-hydrogen) atoms. The average molecular weight is 293 g/mol. The number of hydrogen-bond acceptors (Lipinski definition) is 3. The molecule has 0 amide bonds. The molecule has 0 aliphatic rings. The third kappa shape index (κ3) is 3.28. The minimum atomic E-state index is -1.37. The third-order valence-corrected chi connectivity index (χ3v) is 3.04. The van der Waals surface area contributed by atoms with Gasteiger partial charge in [0.15, 0.2) is 0 Å². The van der Waals surface area contributed by atoms with Crippen molar-refractivity contribution in [3.05, 3.63) is 59.2 Å². The molecule has 2 aromatic carbocycles. The van der Waals surface area contributed by atoms with Gasteiger partial charge in [0.1, 0.15) is 17.4 Å². The van der Waals surface area contributed by atoms with Gasteiger partial charge in [-0.1, -0.05) is 6.07 Å². The molecule has 0 spiro atoms. The second-order valence-corrected chi connectivity index (χ2v) is 4.57. The highest BCUT2D eigenvalue weighted by Gasteiger charge is 2.14. The van der Waals surface area contributed by atoms with Crippen LogP contribution in [0, 0.1) is 11.6 Å². The third-order valence-electron chi connectivity index (χ3n) is 3.04. The topological polar surface area (TPSA) is 69.6 Å². The zero-order valence-corrected chi connectivity index (χ0v) is 11.1. The van der Waals surface area contributed by atoms with Gasteiger partial charge in [-0.25, -0.2) is 13.6 Å². The van der Waals surface area contributed by atoms with E-state index in [1.807, 2.05) is 0 Å². The van der Waals surface area contributed by atoms with Crippen LogP contribution in [-0.2, 0) is 0 Å². The van der Waals surface area contributed by atoms with Gasteiger partial charge in [-0.3, -0.25) is 0 Å². The molecule has 0 fully saturated rings. The average Bonchev–Trinajstić information content (AvgIpc) is 2.40. The molecule has 0 aliphatic carbocycles. The Morgan fingerprint density at radius 3 is 2.52 bits per heavy atom. The lowest BCUT2D eigenvalue weighted by Gasteiger charge is -2.17. The van der Waals surface area contributed by atoms with E-state index in [9.17, 15) is 18.7 Å². The van der Waals surface area contributed by atoms with E-state index in [4.69, 9.17) is 5.11 Å². The van der Waals surface area contributed by atoms with Crippen molar-refractivity contribution in [3.63, 3.8) is 0 Å². The summed E-state index contributed by atoms with van der Waals surface area (Å²) in [4.78, 5) is 10.9. The molecule has 2 rings (SSSR count). The summed E-state index contributed by atoms with van der Waals surface area (Å²) in [6.07, 6.45) is 0. The van der Waals surface area contributed by atoms with Crippen molar-refractivity contribution in [3.8, 4) is 5.75 Å². The van der Waals surface area contributed by atoms with Crippen molar-refractivity contribution in [2.75, 3.05) is 5.32 Å². The minimum absolute atomic E-state index is 0.212. The van der Waals surface area contributed by atoms with Gasteiger partial charge < -0.3 is 15.5 Å². The summed E-state index contributed by atoms with van der Waals surface area (Å²) in [7, 11) is 0. The molecule has 3 N–H and O–H groups in total. The number of phenols is 1. The molecule has 4 nitrogen and oxygen atoms in total. The lowest BCUT2D eigenvalue weighted by atomic mass is 10.1. The van der Waals surface area contributed by atoms with E-state index in [-0.39, 0.29) is 5.75 Å². The Hall–Kier alpha value is -2.63. The number of carboxylic acid groups (broad SMARTS) is 1. The fraction of sp³-hybridized carbons (Fsp3) is 0.133. The van der Waals surface area contributed by atoms with Crippen molar-refractivity contribution in [2.24, 2.45) is 0 Å². The molecule has 0 aliphatic heterocycles. The molecule has 0 saturated carbocycles. The summed E-state index contributed by atoms with van der Waals surface area (Å²) in [5, 5.41) is 21.5. The number of carbonyl (C=O) groups is 1. The molecule has 0 radical (unpaired) electrons. The van der Waals surface area contributed by atoms with Crippen molar-refractivity contribution in [1.82, 2.24) is 0 Å². The van der Waals surface area contributed by atoms with Gasteiger partial charge >= 0.3 is 5.97 Å². The van der Waals surface area contributed by atoms with Gasteiger partial charge in [0.2, 0.25) is 0 Å². The lowest BCUT2D eigenvalue weighted by molar-refractivity contribution is 0.0692. The molecule has 2 aromatic rings. The molecule has 0 heterocycles. The molecule has 0 bridgehead atoms. The van der Waals surface area contributed by atoms with Gasteiger partial charge in [0, 0.05) is 17.3 Å². The zero-order chi connectivity index (χ0) is 15.6. The quantitative estimate of drug-likeness (QED) is 0.806. The van der Waals surface area contributed by atoms with Crippen LogP contribution in [0.5, 0.6) is 5.75 Å². The van der Waals surface area contributed by atoms with E-state index in [1.54, 1.807) is 6.92 Å². The summed E-state index contributed by atoms with van der Waals surface area (Å²) >= 11 is 0. The van der Waals surface area contributed by atoms with Crippen LogP contribution < -0.4 is 5.32 Å². The Balaban J connectivity index is 2.25. The first-order valence-electron chi connectivity index (χ1n) is 6.16. The number of carboxylic acids is 1. The number of aromatic hydroxyl groups is 1. The molecule has 6 heteroatoms. The highest BCUT2D eigenvalue weighted by Crippen LogP contribution is 2.28.